The van der Waals surface area contributed by atoms with E-state index < -0.39 is 11.2 Å². The number of amides is 1. The van der Waals surface area contributed by atoms with Gasteiger partial charge in [0.2, 0.25) is 5.91 Å². The van der Waals surface area contributed by atoms with Crippen molar-refractivity contribution in [2.45, 2.75) is 31.8 Å². The summed E-state index contributed by atoms with van der Waals surface area (Å²) in [4.78, 5) is 42.3. The fraction of sp³-hybridized carbons (Fsp3) is 0.353. The average Bonchev–Trinajstić information content (AvgIpc) is 3.00. The number of hydrogen-bond donors (Lipinski definition) is 3. The van der Waals surface area contributed by atoms with Crippen LogP contribution < -0.4 is 16.6 Å². The zero-order chi connectivity index (χ0) is 16.7. The predicted octanol–water partition coefficient (Wildman–Crippen LogP) is 0.895. The Morgan fingerprint density at radius 3 is 2.88 bits per heavy atom. The van der Waals surface area contributed by atoms with Crippen molar-refractivity contribution in [3.05, 3.63) is 61.9 Å². The minimum atomic E-state index is -0.527. The first-order valence-electron chi connectivity index (χ1n) is 8.07. The van der Waals surface area contributed by atoms with Gasteiger partial charge in [-0.05, 0) is 24.0 Å². The van der Waals surface area contributed by atoms with E-state index in [2.05, 4.69) is 21.4 Å². The molecule has 2 aromatic rings. The highest BCUT2D eigenvalue weighted by Gasteiger charge is 2.29. The third-order valence-electron chi connectivity index (χ3n) is 4.81. The van der Waals surface area contributed by atoms with Crippen LogP contribution in [0.3, 0.4) is 0 Å². The van der Waals surface area contributed by atoms with Gasteiger partial charge in [0.1, 0.15) is 0 Å². The summed E-state index contributed by atoms with van der Waals surface area (Å²) in [5, 5.41) is 3.35. The Bertz CT molecular complexity index is 915. The molecule has 1 aromatic carbocycles. The SMILES string of the molecule is O=C(CC1CCNc2ccccc21)N1Cc2[nH]c(=O)[nH]c(=O)c2C1. The first kappa shape index (κ1) is 14.7. The molecule has 7 nitrogen and oxygen atoms in total. The number of para-hydroxylation sites is 1. The molecule has 1 amide bonds. The van der Waals surface area contributed by atoms with E-state index >= 15 is 0 Å². The standard InChI is InChI=1S/C17H18N4O3/c22-15(7-10-5-6-18-13-4-2-1-3-11(10)13)21-8-12-14(9-21)19-17(24)20-16(12)23/h1-4,10,18H,5-9H2,(H2,19,20,23,24). The van der Waals surface area contributed by atoms with Crippen LogP contribution in [0.4, 0.5) is 5.69 Å². The summed E-state index contributed by atoms with van der Waals surface area (Å²) in [6, 6.07) is 8.05. The zero-order valence-electron chi connectivity index (χ0n) is 13.1. The number of hydrogen-bond acceptors (Lipinski definition) is 4. The molecular formula is C17H18N4O3. The summed E-state index contributed by atoms with van der Waals surface area (Å²) in [5.41, 5.74) is 2.35. The summed E-state index contributed by atoms with van der Waals surface area (Å²) in [5.74, 6) is 0.184. The second-order valence-corrected chi connectivity index (χ2v) is 6.32. The number of nitrogens with zero attached hydrogens (tertiary/aromatic N) is 1. The van der Waals surface area contributed by atoms with Crippen molar-refractivity contribution in [1.82, 2.24) is 14.9 Å². The van der Waals surface area contributed by atoms with Gasteiger partial charge in [0, 0.05) is 24.3 Å². The van der Waals surface area contributed by atoms with Crippen LogP contribution in [0.1, 0.15) is 35.6 Å². The Morgan fingerprint density at radius 2 is 2.00 bits per heavy atom. The van der Waals surface area contributed by atoms with Crippen LogP contribution in [0.5, 0.6) is 0 Å². The summed E-state index contributed by atoms with van der Waals surface area (Å²) in [6.07, 6.45) is 1.32. The molecule has 2 aliphatic rings. The van der Waals surface area contributed by atoms with Crippen molar-refractivity contribution in [2.24, 2.45) is 0 Å². The van der Waals surface area contributed by atoms with Gasteiger partial charge in [-0.1, -0.05) is 18.2 Å². The Labute approximate surface area is 137 Å². The first-order valence-corrected chi connectivity index (χ1v) is 8.07. The molecule has 0 fully saturated rings. The molecule has 0 saturated heterocycles. The monoisotopic (exact) mass is 326 g/mol. The lowest BCUT2D eigenvalue weighted by Gasteiger charge is -2.27. The maximum atomic E-state index is 12.7. The molecular weight excluding hydrogens is 308 g/mol. The minimum absolute atomic E-state index is 0.00755. The second kappa shape index (κ2) is 5.67. The molecule has 3 N–H and O–H groups in total. The van der Waals surface area contributed by atoms with Crippen molar-refractivity contribution in [2.75, 3.05) is 11.9 Å². The van der Waals surface area contributed by atoms with Gasteiger partial charge in [-0.25, -0.2) is 4.79 Å². The van der Waals surface area contributed by atoms with Gasteiger partial charge in [-0.15, -0.1) is 0 Å². The molecule has 7 heteroatoms. The topological polar surface area (TPSA) is 98.1 Å². The molecule has 0 bridgehead atoms. The largest absolute Gasteiger partial charge is 0.385 e. The minimum Gasteiger partial charge on any atom is -0.385 e. The maximum absolute atomic E-state index is 12.7. The normalized spacial score (nSPS) is 18.7. The molecule has 0 aliphatic carbocycles. The summed E-state index contributed by atoms with van der Waals surface area (Å²) in [6.45, 7) is 1.40. The number of carbonyl (C=O) groups is 1. The fourth-order valence-electron chi connectivity index (χ4n) is 3.58. The Kier molecular flexibility index (Phi) is 3.48. The van der Waals surface area contributed by atoms with E-state index in [0.717, 1.165) is 18.7 Å². The van der Waals surface area contributed by atoms with Gasteiger partial charge in [0.25, 0.3) is 5.56 Å². The zero-order valence-corrected chi connectivity index (χ0v) is 13.1. The molecule has 3 heterocycles. The number of nitrogens with one attached hydrogen (secondary N) is 3. The van der Waals surface area contributed by atoms with Crippen molar-refractivity contribution in [3.63, 3.8) is 0 Å². The molecule has 0 spiro atoms. The second-order valence-electron chi connectivity index (χ2n) is 6.32. The van der Waals surface area contributed by atoms with E-state index in [9.17, 15) is 14.4 Å². The Morgan fingerprint density at radius 1 is 1.17 bits per heavy atom. The summed E-state index contributed by atoms with van der Waals surface area (Å²) < 4.78 is 0. The quantitative estimate of drug-likeness (QED) is 0.763. The number of fused-ring (bicyclic) bond motifs is 2. The van der Waals surface area contributed by atoms with Crippen LogP contribution in [0.25, 0.3) is 0 Å². The van der Waals surface area contributed by atoms with Crippen molar-refractivity contribution < 1.29 is 4.79 Å². The van der Waals surface area contributed by atoms with Crippen LogP contribution >= 0.6 is 0 Å². The highest BCUT2D eigenvalue weighted by molar-refractivity contribution is 5.78. The maximum Gasteiger partial charge on any atom is 0.325 e. The third-order valence-corrected chi connectivity index (χ3v) is 4.81. The van der Waals surface area contributed by atoms with E-state index in [0.29, 0.717) is 24.2 Å². The van der Waals surface area contributed by atoms with Crippen LogP contribution in [0.15, 0.2) is 33.9 Å². The highest BCUT2D eigenvalue weighted by atomic mass is 16.2. The average molecular weight is 326 g/mol. The van der Waals surface area contributed by atoms with Crippen LogP contribution in [-0.2, 0) is 17.9 Å². The smallest absolute Gasteiger partial charge is 0.325 e. The number of aromatic amines is 2. The number of H-pyrrole nitrogens is 2. The lowest BCUT2D eigenvalue weighted by atomic mass is 9.88. The van der Waals surface area contributed by atoms with E-state index in [4.69, 9.17) is 0 Å². The molecule has 124 valence electrons. The lowest BCUT2D eigenvalue weighted by molar-refractivity contribution is -0.132. The van der Waals surface area contributed by atoms with Crippen molar-refractivity contribution in [3.8, 4) is 0 Å². The van der Waals surface area contributed by atoms with Gasteiger partial charge < -0.3 is 15.2 Å². The van der Waals surface area contributed by atoms with E-state index in [1.807, 2.05) is 18.2 Å². The Hall–Kier alpha value is -2.83. The molecule has 1 aromatic heterocycles. The fourth-order valence-corrected chi connectivity index (χ4v) is 3.58. The van der Waals surface area contributed by atoms with E-state index in [-0.39, 0.29) is 18.4 Å². The molecule has 4 rings (SSSR count). The van der Waals surface area contributed by atoms with Crippen molar-refractivity contribution in [1.29, 1.82) is 0 Å². The van der Waals surface area contributed by atoms with E-state index in [1.165, 1.54) is 5.56 Å². The number of anilines is 1. The number of carbonyl (C=O) groups excluding carboxylic acids is 1. The predicted molar refractivity (Wildman–Crippen MR) is 88.8 cm³/mol. The van der Waals surface area contributed by atoms with Crippen LogP contribution in [-0.4, -0.2) is 27.3 Å². The summed E-state index contributed by atoms with van der Waals surface area (Å²) in [7, 11) is 0. The first-order chi connectivity index (χ1) is 11.6. The lowest BCUT2D eigenvalue weighted by Crippen LogP contribution is -2.29. The molecule has 24 heavy (non-hydrogen) atoms. The molecule has 1 atom stereocenters. The molecule has 1 unspecified atom stereocenters. The molecule has 2 aliphatic heterocycles. The van der Waals surface area contributed by atoms with Crippen LogP contribution in [0.2, 0.25) is 0 Å². The Balaban J connectivity index is 1.52. The number of benzene rings is 1. The van der Waals surface area contributed by atoms with Gasteiger partial charge in [0.05, 0.1) is 18.7 Å². The van der Waals surface area contributed by atoms with Gasteiger partial charge >= 0.3 is 5.69 Å². The van der Waals surface area contributed by atoms with Crippen molar-refractivity contribution >= 4 is 11.6 Å². The van der Waals surface area contributed by atoms with Gasteiger partial charge in [-0.3, -0.25) is 14.6 Å². The molecule has 0 radical (unpaired) electrons. The number of rotatable bonds is 2. The summed E-state index contributed by atoms with van der Waals surface area (Å²) >= 11 is 0. The third kappa shape index (κ3) is 2.51. The van der Waals surface area contributed by atoms with E-state index in [1.54, 1.807) is 4.90 Å². The van der Waals surface area contributed by atoms with Gasteiger partial charge in [-0.2, -0.15) is 0 Å². The molecule has 0 saturated carbocycles. The van der Waals surface area contributed by atoms with Crippen LogP contribution in [0, 0.1) is 0 Å². The van der Waals surface area contributed by atoms with Gasteiger partial charge in [0.15, 0.2) is 0 Å². The number of aromatic nitrogens is 2. The highest BCUT2D eigenvalue weighted by Crippen LogP contribution is 2.34.